The summed E-state index contributed by atoms with van der Waals surface area (Å²) in [4.78, 5) is 30.6. The maximum Gasteiger partial charge on any atom is 0.225 e. The molecule has 0 bridgehead atoms. The first-order chi connectivity index (χ1) is 12.5. The number of amides is 1. The van der Waals surface area contributed by atoms with E-state index >= 15 is 0 Å². The molecule has 1 unspecified atom stereocenters. The minimum Gasteiger partial charge on any atom is -0.362 e. The Morgan fingerprint density at radius 1 is 1.31 bits per heavy atom. The van der Waals surface area contributed by atoms with E-state index in [4.69, 9.17) is 9.97 Å². The van der Waals surface area contributed by atoms with Crippen LogP contribution in [0.4, 0.5) is 5.82 Å². The summed E-state index contributed by atoms with van der Waals surface area (Å²) in [6.45, 7) is 5.41. The highest BCUT2D eigenvalue weighted by molar-refractivity contribution is 5.79. The Bertz CT molecular complexity index is 775. The predicted octanol–water partition coefficient (Wildman–Crippen LogP) is 2.93. The van der Waals surface area contributed by atoms with E-state index in [2.05, 4.69) is 11.9 Å². The van der Waals surface area contributed by atoms with Crippen molar-refractivity contribution in [2.75, 3.05) is 25.5 Å². The monoisotopic (exact) mass is 353 g/mol. The predicted molar refractivity (Wildman–Crippen MR) is 103 cm³/mol. The average molecular weight is 353 g/mol. The molecule has 1 aliphatic heterocycles. The molecule has 26 heavy (non-hydrogen) atoms. The van der Waals surface area contributed by atoms with E-state index in [1.807, 2.05) is 49.0 Å². The fourth-order valence-electron chi connectivity index (χ4n) is 3.45. The highest BCUT2D eigenvalue weighted by atomic mass is 16.2. The summed E-state index contributed by atoms with van der Waals surface area (Å²) in [6.07, 6.45) is 4.48. The van der Waals surface area contributed by atoms with Crippen LogP contribution in [-0.4, -0.2) is 46.4 Å². The Hall–Kier alpha value is -2.50. The third-order valence-corrected chi connectivity index (χ3v) is 4.82. The first kappa shape index (κ1) is 18.3. The zero-order valence-corrected chi connectivity index (χ0v) is 16.1. The quantitative estimate of drug-likeness (QED) is 0.827. The molecule has 0 N–H and O–H groups in total. The van der Waals surface area contributed by atoms with E-state index in [1.54, 1.807) is 6.20 Å². The summed E-state index contributed by atoms with van der Waals surface area (Å²) < 4.78 is 0. The van der Waals surface area contributed by atoms with Gasteiger partial charge in [0.25, 0.3) is 0 Å². The van der Waals surface area contributed by atoms with Crippen molar-refractivity contribution in [3.8, 4) is 11.5 Å². The summed E-state index contributed by atoms with van der Waals surface area (Å²) in [5, 5.41) is 0. The van der Waals surface area contributed by atoms with Gasteiger partial charge in [-0.15, -0.1) is 0 Å². The van der Waals surface area contributed by atoms with Gasteiger partial charge in [-0.2, -0.15) is 0 Å². The van der Waals surface area contributed by atoms with Gasteiger partial charge >= 0.3 is 0 Å². The Morgan fingerprint density at radius 3 is 2.77 bits per heavy atom. The number of anilines is 1. The molecule has 2 aromatic rings. The van der Waals surface area contributed by atoms with Gasteiger partial charge in [0.1, 0.15) is 11.5 Å². The Labute approximate surface area is 155 Å². The summed E-state index contributed by atoms with van der Waals surface area (Å²) in [5.74, 6) is 1.82. The highest BCUT2D eigenvalue weighted by Gasteiger charge is 2.28. The van der Waals surface area contributed by atoms with Crippen molar-refractivity contribution in [1.29, 1.82) is 0 Å². The van der Waals surface area contributed by atoms with Crippen molar-refractivity contribution in [3.63, 3.8) is 0 Å². The van der Waals surface area contributed by atoms with Crippen LogP contribution < -0.4 is 4.90 Å². The van der Waals surface area contributed by atoms with Crippen molar-refractivity contribution in [2.24, 2.45) is 5.92 Å². The molecule has 0 spiro atoms. The van der Waals surface area contributed by atoms with Gasteiger partial charge in [-0.25, -0.2) is 9.97 Å². The molecule has 138 valence electrons. The molecule has 1 atom stereocenters. The van der Waals surface area contributed by atoms with Gasteiger partial charge in [-0.05, 0) is 25.0 Å². The van der Waals surface area contributed by atoms with Gasteiger partial charge in [-0.1, -0.05) is 26.3 Å². The lowest BCUT2D eigenvalue weighted by Crippen LogP contribution is -2.40. The van der Waals surface area contributed by atoms with Gasteiger partial charge in [0.05, 0.1) is 12.2 Å². The fourth-order valence-corrected chi connectivity index (χ4v) is 3.45. The molecular formula is C20H27N5O. The van der Waals surface area contributed by atoms with Crippen LogP contribution in [0, 0.1) is 5.92 Å². The van der Waals surface area contributed by atoms with Crippen molar-refractivity contribution >= 4 is 11.7 Å². The van der Waals surface area contributed by atoms with Crippen molar-refractivity contribution in [3.05, 3.63) is 35.7 Å². The molecule has 1 amide bonds. The van der Waals surface area contributed by atoms with Crippen LogP contribution >= 0.6 is 0 Å². The number of pyridine rings is 1. The van der Waals surface area contributed by atoms with E-state index < -0.39 is 0 Å². The molecule has 0 aromatic carbocycles. The lowest BCUT2D eigenvalue weighted by atomic mass is 10.0. The lowest BCUT2D eigenvalue weighted by molar-refractivity contribution is -0.136. The number of carbonyl (C=O) groups is 1. The second-order valence-electron chi connectivity index (χ2n) is 7.10. The Morgan fingerprint density at radius 2 is 2.12 bits per heavy atom. The number of aromatic nitrogens is 3. The zero-order valence-electron chi connectivity index (χ0n) is 16.1. The molecule has 0 radical (unpaired) electrons. The van der Waals surface area contributed by atoms with Gasteiger partial charge in [0.2, 0.25) is 5.91 Å². The molecule has 1 aliphatic rings. The number of nitrogens with zero attached hydrogens (tertiary/aromatic N) is 5. The van der Waals surface area contributed by atoms with E-state index in [9.17, 15) is 4.79 Å². The molecule has 6 heteroatoms. The van der Waals surface area contributed by atoms with Crippen LogP contribution in [0.25, 0.3) is 11.5 Å². The molecule has 0 fully saturated rings. The molecular weight excluding hydrogens is 326 g/mol. The molecule has 2 aromatic heterocycles. The van der Waals surface area contributed by atoms with Gasteiger partial charge < -0.3 is 9.80 Å². The largest absolute Gasteiger partial charge is 0.362 e. The number of hydrogen-bond donors (Lipinski definition) is 0. The highest BCUT2D eigenvalue weighted by Crippen LogP contribution is 2.28. The van der Waals surface area contributed by atoms with Crippen LogP contribution in [0.1, 0.15) is 37.9 Å². The Kier molecular flexibility index (Phi) is 5.49. The standard InChI is InChI=1S/C20H27N5O/c1-5-8-14(2)20(26)25-12-10-15-17(13-25)22-18(23-19(15)24(3)4)16-9-6-7-11-21-16/h6-7,9,11,14H,5,8,10,12-13H2,1-4H3. The maximum atomic E-state index is 12.7. The van der Waals surface area contributed by atoms with Gasteiger partial charge in [-0.3, -0.25) is 9.78 Å². The summed E-state index contributed by atoms with van der Waals surface area (Å²) in [5.41, 5.74) is 2.83. The van der Waals surface area contributed by atoms with E-state index in [-0.39, 0.29) is 11.8 Å². The van der Waals surface area contributed by atoms with E-state index in [0.717, 1.165) is 48.6 Å². The third kappa shape index (κ3) is 3.69. The number of carbonyl (C=O) groups excluding carboxylic acids is 1. The van der Waals surface area contributed by atoms with Gasteiger partial charge in [0.15, 0.2) is 5.82 Å². The minimum absolute atomic E-state index is 0.0620. The summed E-state index contributed by atoms with van der Waals surface area (Å²) in [6, 6.07) is 5.73. The van der Waals surface area contributed by atoms with E-state index in [0.29, 0.717) is 12.4 Å². The lowest BCUT2D eigenvalue weighted by Gasteiger charge is -2.32. The first-order valence-electron chi connectivity index (χ1n) is 9.28. The van der Waals surface area contributed by atoms with E-state index in [1.165, 1.54) is 0 Å². The SMILES string of the molecule is CCCC(C)C(=O)N1CCc2c(nc(-c3ccccn3)nc2N(C)C)C1. The zero-order chi connectivity index (χ0) is 18.7. The molecule has 3 heterocycles. The number of fused-ring (bicyclic) bond motifs is 1. The van der Waals surface area contributed by atoms with Crippen LogP contribution in [0.15, 0.2) is 24.4 Å². The van der Waals surface area contributed by atoms with Crippen LogP contribution in [0.2, 0.25) is 0 Å². The molecule has 3 rings (SSSR count). The summed E-state index contributed by atoms with van der Waals surface area (Å²) in [7, 11) is 3.98. The number of rotatable bonds is 5. The van der Waals surface area contributed by atoms with Crippen LogP contribution in [0.5, 0.6) is 0 Å². The molecule has 0 saturated carbocycles. The molecule has 0 saturated heterocycles. The van der Waals surface area contributed by atoms with Gasteiger partial charge in [0, 0.05) is 38.3 Å². The second kappa shape index (κ2) is 7.81. The normalized spacial score (nSPS) is 14.7. The average Bonchev–Trinajstić information content (AvgIpc) is 2.66. The fraction of sp³-hybridized carbons (Fsp3) is 0.500. The molecule has 0 aliphatic carbocycles. The maximum absolute atomic E-state index is 12.7. The van der Waals surface area contributed by atoms with Crippen molar-refractivity contribution in [2.45, 2.75) is 39.7 Å². The topological polar surface area (TPSA) is 62.2 Å². The Balaban J connectivity index is 1.95. The molecule has 6 nitrogen and oxygen atoms in total. The van der Waals surface area contributed by atoms with Crippen molar-refractivity contribution in [1.82, 2.24) is 19.9 Å². The minimum atomic E-state index is 0.0620. The smallest absolute Gasteiger partial charge is 0.225 e. The second-order valence-corrected chi connectivity index (χ2v) is 7.10. The first-order valence-corrected chi connectivity index (χ1v) is 9.28. The third-order valence-electron chi connectivity index (χ3n) is 4.82. The number of hydrogen-bond acceptors (Lipinski definition) is 5. The van der Waals surface area contributed by atoms with Crippen LogP contribution in [-0.2, 0) is 17.8 Å². The summed E-state index contributed by atoms with van der Waals surface area (Å²) >= 11 is 0. The van der Waals surface area contributed by atoms with Crippen molar-refractivity contribution < 1.29 is 4.79 Å². The van der Waals surface area contributed by atoms with Crippen LogP contribution in [0.3, 0.4) is 0 Å².